The topological polar surface area (TPSA) is 90.9 Å². The summed E-state index contributed by atoms with van der Waals surface area (Å²) in [7, 11) is 1.45. The number of ether oxygens (including phenoxy) is 1. The van der Waals surface area contributed by atoms with Crippen LogP contribution in [0, 0.1) is 0 Å². The number of rotatable bonds is 5. The molecule has 0 aliphatic carbocycles. The Bertz CT molecular complexity index is 812. The fourth-order valence-electron chi connectivity index (χ4n) is 3.16. The van der Waals surface area contributed by atoms with Gasteiger partial charge in [0.05, 0.1) is 6.54 Å². The lowest BCUT2D eigenvalue weighted by Gasteiger charge is -2.24. The van der Waals surface area contributed by atoms with Gasteiger partial charge in [-0.05, 0) is 30.2 Å². The number of amides is 3. The number of hydrogen-bond acceptors (Lipinski definition) is 4. The zero-order valence-corrected chi connectivity index (χ0v) is 15.1. The van der Waals surface area contributed by atoms with Gasteiger partial charge in [-0.1, -0.05) is 36.4 Å². The molecule has 142 valence electrons. The maximum absolute atomic E-state index is 12.6. The summed E-state index contributed by atoms with van der Waals surface area (Å²) in [5.74, 6) is -0.270. The molecule has 2 aromatic rings. The van der Waals surface area contributed by atoms with Crippen LogP contribution in [0.25, 0.3) is 0 Å². The molecular formula is C20H23N3O4. The van der Waals surface area contributed by atoms with Crippen molar-refractivity contribution in [1.82, 2.24) is 4.90 Å². The van der Waals surface area contributed by atoms with E-state index in [0.29, 0.717) is 24.3 Å². The van der Waals surface area contributed by atoms with Gasteiger partial charge in [0.25, 0.3) is 0 Å². The van der Waals surface area contributed by atoms with Gasteiger partial charge in [-0.25, -0.2) is 4.79 Å². The van der Waals surface area contributed by atoms with Gasteiger partial charge >= 0.3 is 6.03 Å². The Morgan fingerprint density at radius 1 is 1.11 bits per heavy atom. The van der Waals surface area contributed by atoms with Crippen LogP contribution in [0.15, 0.2) is 54.6 Å². The highest BCUT2D eigenvalue weighted by Gasteiger charge is 2.39. The lowest BCUT2D eigenvalue weighted by molar-refractivity contribution is -0.119. The van der Waals surface area contributed by atoms with E-state index in [1.807, 2.05) is 30.3 Å². The van der Waals surface area contributed by atoms with Gasteiger partial charge in [-0.3, -0.25) is 4.79 Å². The minimum absolute atomic E-state index is 0.0393. The Kier molecular flexibility index (Phi) is 5.73. The van der Waals surface area contributed by atoms with Gasteiger partial charge in [0.1, 0.15) is 12.2 Å². The zero-order chi connectivity index (χ0) is 19.3. The van der Waals surface area contributed by atoms with E-state index in [0.717, 1.165) is 5.56 Å². The number of carbonyl (C=O) groups excluding carboxylic acids is 2. The maximum Gasteiger partial charge on any atom is 0.321 e. The highest BCUT2D eigenvalue weighted by atomic mass is 16.5. The Morgan fingerprint density at radius 2 is 1.81 bits per heavy atom. The van der Waals surface area contributed by atoms with Crippen molar-refractivity contribution in [1.29, 1.82) is 0 Å². The van der Waals surface area contributed by atoms with Crippen LogP contribution in [0.4, 0.5) is 16.2 Å². The molecule has 3 rings (SSSR count). The van der Waals surface area contributed by atoms with Crippen molar-refractivity contribution in [2.75, 3.05) is 37.4 Å². The van der Waals surface area contributed by atoms with Crippen LogP contribution < -0.4 is 10.6 Å². The van der Waals surface area contributed by atoms with E-state index >= 15 is 0 Å². The molecule has 3 N–H and O–H groups in total. The molecule has 1 aliphatic rings. The van der Waals surface area contributed by atoms with Crippen molar-refractivity contribution >= 4 is 23.3 Å². The van der Waals surface area contributed by atoms with Crippen molar-refractivity contribution in [3.05, 3.63) is 60.2 Å². The number of nitrogens with one attached hydrogen (secondary N) is 2. The van der Waals surface area contributed by atoms with Crippen molar-refractivity contribution < 1.29 is 19.4 Å². The lowest BCUT2D eigenvalue weighted by Crippen LogP contribution is -2.37. The monoisotopic (exact) mass is 369 g/mol. The molecule has 7 nitrogen and oxygen atoms in total. The molecule has 0 unspecified atom stereocenters. The molecule has 1 aliphatic heterocycles. The molecule has 1 saturated heterocycles. The number of nitrogens with zero attached hydrogens (tertiary/aromatic N) is 1. The molecule has 1 heterocycles. The number of carbonyl (C=O) groups is 2. The second-order valence-electron chi connectivity index (χ2n) is 6.56. The van der Waals surface area contributed by atoms with Crippen molar-refractivity contribution in [2.24, 2.45) is 0 Å². The van der Waals surface area contributed by atoms with Crippen LogP contribution in [0.5, 0.6) is 0 Å². The molecule has 7 heteroatoms. The number of anilines is 2. The first-order valence-electron chi connectivity index (χ1n) is 8.73. The Balaban J connectivity index is 1.62. The number of aliphatic hydroxyl groups is 1. The van der Waals surface area contributed by atoms with Crippen LogP contribution in [-0.2, 0) is 15.1 Å². The summed E-state index contributed by atoms with van der Waals surface area (Å²) >= 11 is 0. The largest absolute Gasteiger partial charge is 0.383 e. The Hall–Kier alpha value is -2.90. The predicted octanol–water partition coefficient (Wildman–Crippen LogP) is 2.40. The van der Waals surface area contributed by atoms with E-state index in [2.05, 4.69) is 10.6 Å². The number of hydrogen-bond donors (Lipinski definition) is 3. The van der Waals surface area contributed by atoms with E-state index in [4.69, 9.17) is 4.74 Å². The van der Waals surface area contributed by atoms with Gasteiger partial charge < -0.3 is 25.4 Å². The van der Waals surface area contributed by atoms with Crippen LogP contribution in [-0.4, -0.2) is 48.8 Å². The van der Waals surface area contributed by atoms with Crippen LogP contribution in [0.2, 0.25) is 0 Å². The van der Waals surface area contributed by atoms with Crippen LogP contribution in [0.1, 0.15) is 12.0 Å². The van der Waals surface area contributed by atoms with Gasteiger partial charge in [0, 0.05) is 25.0 Å². The molecule has 0 saturated carbocycles. The van der Waals surface area contributed by atoms with E-state index in [9.17, 15) is 14.7 Å². The molecule has 1 atom stereocenters. The summed E-state index contributed by atoms with van der Waals surface area (Å²) < 4.78 is 4.78. The normalized spacial score (nSPS) is 19.0. The van der Waals surface area contributed by atoms with Gasteiger partial charge in [0.2, 0.25) is 5.91 Å². The number of methoxy groups -OCH3 is 1. The summed E-state index contributed by atoms with van der Waals surface area (Å²) in [6, 6.07) is 16.0. The predicted molar refractivity (Wildman–Crippen MR) is 102 cm³/mol. The molecule has 0 bridgehead atoms. The number of likely N-dealkylation sites (tertiary alicyclic amines) is 1. The molecule has 3 amide bonds. The first-order valence-corrected chi connectivity index (χ1v) is 8.73. The third-order valence-corrected chi connectivity index (χ3v) is 4.52. The summed E-state index contributed by atoms with van der Waals surface area (Å²) in [6.07, 6.45) is 0.484. The van der Waals surface area contributed by atoms with E-state index < -0.39 is 5.60 Å². The number of β-amino-alcohol motifs (C(OH)–C–C–N with tert-alkyl or cyclic N) is 1. The summed E-state index contributed by atoms with van der Waals surface area (Å²) in [6.45, 7) is 0.650. The fraction of sp³-hybridized carbons (Fsp3) is 0.300. The van der Waals surface area contributed by atoms with Crippen LogP contribution in [0.3, 0.4) is 0 Å². The fourth-order valence-corrected chi connectivity index (χ4v) is 3.16. The van der Waals surface area contributed by atoms with Gasteiger partial charge in [-0.2, -0.15) is 0 Å². The second kappa shape index (κ2) is 8.20. The molecule has 1 fully saturated rings. The molecule has 0 aromatic heterocycles. The summed E-state index contributed by atoms with van der Waals surface area (Å²) in [5, 5.41) is 16.4. The zero-order valence-electron chi connectivity index (χ0n) is 15.1. The average molecular weight is 369 g/mol. The van der Waals surface area contributed by atoms with Crippen molar-refractivity contribution in [3.8, 4) is 0 Å². The number of urea groups is 1. The molecule has 0 radical (unpaired) electrons. The smallest absolute Gasteiger partial charge is 0.321 e. The van der Waals surface area contributed by atoms with Crippen LogP contribution >= 0.6 is 0 Å². The maximum atomic E-state index is 12.6. The molecule has 2 aromatic carbocycles. The average Bonchev–Trinajstić information content (AvgIpc) is 3.07. The van der Waals surface area contributed by atoms with Gasteiger partial charge in [0.15, 0.2) is 0 Å². The van der Waals surface area contributed by atoms with E-state index in [1.165, 1.54) is 7.11 Å². The van der Waals surface area contributed by atoms with Gasteiger partial charge in [-0.15, -0.1) is 0 Å². The minimum Gasteiger partial charge on any atom is -0.383 e. The molecule has 0 spiro atoms. The third-order valence-electron chi connectivity index (χ3n) is 4.52. The Labute approximate surface area is 157 Å². The quantitative estimate of drug-likeness (QED) is 0.755. The first-order chi connectivity index (χ1) is 13.0. The standard InChI is InChI=1S/C20H23N3O4/c1-27-13-18(24)21-16-8-5-9-17(12-16)22-19(25)23-11-10-20(26,14-23)15-6-3-2-4-7-15/h2-9,12,26H,10-11,13-14H2,1H3,(H,21,24)(H,22,25)/t20-/m1/s1. The number of benzene rings is 2. The Morgan fingerprint density at radius 3 is 2.52 bits per heavy atom. The third kappa shape index (κ3) is 4.64. The molecule has 27 heavy (non-hydrogen) atoms. The van der Waals surface area contributed by atoms with Crippen molar-refractivity contribution in [3.63, 3.8) is 0 Å². The first kappa shape index (κ1) is 18.9. The summed E-state index contributed by atoms with van der Waals surface area (Å²) in [5.41, 5.74) is 0.903. The molecular weight excluding hydrogens is 346 g/mol. The second-order valence-corrected chi connectivity index (χ2v) is 6.56. The highest BCUT2D eigenvalue weighted by Crippen LogP contribution is 2.32. The van der Waals surface area contributed by atoms with E-state index in [-0.39, 0.29) is 25.1 Å². The highest BCUT2D eigenvalue weighted by molar-refractivity contribution is 5.94. The minimum atomic E-state index is -1.03. The SMILES string of the molecule is COCC(=O)Nc1cccc(NC(=O)N2CC[C@](O)(c3ccccc3)C2)c1. The lowest BCUT2D eigenvalue weighted by atomic mass is 9.93. The van der Waals surface area contributed by atoms with Crippen molar-refractivity contribution in [2.45, 2.75) is 12.0 Å². The van der Waals surface area contributed by atoms with E-state index in [1.54, 1.807) is 29.2 Å². The summed E-state index contributed by atoms with van der Waals surface area (Å²) in [4.78, 5) is 25.8.